The van der Waals surface area contributed by atoms with E-state index in [-0.39, 0.29) is 12.8 Å². The molecule has 1 amide bonds. The number of hydrogen-bond donors (Lipinski definition) is 4. The number of carboxylic acids is 1. The highest BCUT2D eigenvalue weighted by molar-refractivity contribution is 7.47. The highest BCUT2D eigenvalue weighted by atomic mass is 31.2. The largest absolute Gasteiger partial charge is 0.480 e. The molecule has 3 unspecified atom stereocenters. The number of unbranched alkanes of at least 4 members (excludes halogenated alkanes) is 17. The zero-order valence-electron chi connectivity index (χ0n) is 28.6. The van der Waals surface area contributed by atoms with E-state index in [1.165, 1.54) is 57.8 Å². The van der Waals surface area contributed by atoms with Crippen molar-refractivity contribution >= 4 is 25.7 Å². The van der Waals surface area contributed by atoms with Gasteiger partial charge < -0.3 is 25.2 Å². The summed E-state index contributed by atoms with van der Waals surface area (Å²) in [6.07, 6.45) is 25.4. The van der Waals surface area contributed by atoms with Crippen LogP contribution in [0.25, 0.3) is 0 Å². The van der Waals surface area contributed by atoms with Crippen molar-refractivity contribution in [2.45, 2.75) is 167 Å². The molecule has 0 heterocycles. The molecule has 270 valence electrons. The Bertz CT molecular complexity index is 854. The number of carboxylic acid groups (broad SMARTS) is 1. The van der Waals surface area contributed by atoms with Crippen LogP contribution in [-0.2, 0) is 32.7 Å². The van der Waals surface area contributed by atoms with Crippen LogP contribution in [0, 0.1) is 0 Å². The molecule has 0 aliphatic heterocycles. The second-order valence-electron chi connectivity index (χ2n) is 12.1. The Morgan fingerprint density at radius 3 is 1.70 bits per heavy atom. The number of nitrogens with one attached hydrogen (secondary N) is 1. The monoisotopic (exact) mass is 677 g/mol. The van der Waals surface area contributed by atoms with Gasteiger partial charge >= 0.3 is 19.8 Å². The third-order valence-electron chi connectivity index (χ3n) is 7.55. The SMILES string of the molecule is CCCCC/C=C\CCCCCCCC(=O)NC(COP(=O)(O)OCC(O)COC(=O)CCCCCCCCCCCC)C(=O)O. The van der Waals surface area contributed by atoms with Gasteiger partial charge in [0.25, 0.3) is 0 Å². The lowest BCUT2D eigenvalue weighted by atomic mass is 10.1. The number of phosphoric ester groups is 1. The van der Waals surface area contributed by atoms with Gasteiger partial charge in [0.2, 0.25) is 5.91 Å². The van der Waals surface area contributed by atoms with E-state index in [9.17, 15) is 34.1 Å². The van der Waals surface area contributed by atoms with Gasteiger partial charge in [-0.05, 0) is 38.5 Å². The van der Waals surface area contributed by atoms with Crippen LogP contribution < -0.4 is 5.32 Å². The van der Waals surface area contributed by atoms with E-state index in [4.69, 9.17) is 13.8 Å². The van der Waals surface area contributed by atoms with Gasteiger partial charge in [-0.15, -0.1) is 0 Å². The summed E-state index contributed by atoms with van der Waals surface area (Å²) in [4.78, 5) is 45.5. The van der Waals surface area contributed by atoms with Gasteiger partial charge in [-0.3, -0.25) is 18.6 Å². The molecule has 0 saturated carbocycles. The van der Waals surface area contributed by atoms with Crippen molar-refractivity contribution in [3.8, 4) is 0 Å². The summed E-state index contributed by atoms with van der Waals surface area (Å²) in [6.45, 7) is 2.51. The lowest BCUT2D eigenvalue weighted by molar-refractivity contribution is -0.147. The Morgan fingerprint density at radius 1 is 0.674 bits per heavy atom. The molecule has 0 aromatic carbocycles. The molecule has 0 radical (unpaired) electrons. The zero-order chi connectivity index (χ0) is 34.3. The van der Waals surface area contributed by atoms with Gasteiger partial charge in [-0.1, -0.05) is 116 Å². The predicted molar refractivity (Wildman–Crippen MR) is 180 cm³/mol. The van der Waals surface area contributed by atoms with E-state index in [0.29, 0.717) is 12.8 Å². The topological polar surface area (TPSA) is 169 Å². The predicted octanol–water partition coefficient (Wildman–Crippen LogP) is 7.77. The van der Waals surface area contributed by atoms with Crippen molar-refractivity contribution in [3.63, 3.8) is 0 Å². The summed E-state index contributed by atoms with van der Waals surface area (Å²) in [5.74, 6) is -2.39. The average molecular weight is 678 g/mol. The Balaban J connectivity index is 4.02. The summed E-state index contributed by atoms with van der Waals surface area (Å²) in [6, 6.07) is -1.54. The number of aliphatic carboxylic acids is 1. The van der Waals surface area contributed by atoms with Gasteiger partial charge in [0, 0.05) is 12.8 Å². The fourth-order valence-corrected chi connectivity index (χ4v) is 5.49. The van der Waals surface area contributed by atoms with Gasteiger partial charge in [-0.2, -0.15) is 0 Å². The number of ether oxygens (including phenoxy) is 1. The minimum atomic E-state index is -4.74. The molecule has 0 fully saturated rings. The van der Waals surface area contributed by atoms with E-state index < -0.39 is 57.6 Å². The number of phosphoric acid groups is 1. The summed E-state index contributed by atoms with van der Waals surface area (Å²) in [5.41, 5.74) is 0. The molecule has 3 atom stereocenters. The molecule has 46 heavy (non-hydrogen) atoms. The smallest absolute Gasteiger partial charge is 0.472 e. The van der Waals surface area contributed by atoms with E-state index in [1.54, 1.807) is 0 Å². The van der Waals surface area contributed by atoms with Gasteiger partial charge in [0.05, 0.1) is 13.2 Å². The number of esters is 1. The quantitative estimate of drug-likeness (QED) is 0.0233. The van der Waals surface area contributed by atoms with Crippen molar-refractivity contribution in [1.29, 1.82) is 0 Å². The highest BCUT2D eigenvalue weighted by Gasteiger charge is 2.28. The Labute approximate surface area is 277 Å². The van der Waals surface area contributed by atoms with Crippen LogP contribution in [0.2, 0.25) is 0 Å². The molecule has 0 rings (SSSR count). The van der Waals surface area contributed by atoms with Crippen LogP contribution in [0.4, 0.5) is 0 Å². The number of aliphatic hydroxyl groups is 1. The first-order valence-electron chi connectivity index (χ1n) is 17.7. The number of allylic oxidation sites excluding steroid dienone is 2. The second kappa shape index (κ2) is 30.5. The molecular formula is C34H64NO10P. The first-order valence-corrected chi connectivity index (χ1v) is 19.2. The molecule has 0 aliphatic rings. The Hall–Kier alpha value is -1.78. The molecule has 0 spiro atoms. The molecule has 0 aromatic heterocycles. The van der Waals surface area contributed by atoms with E-state index in [0.717, 1.165) is 57.8 Å². The minimum absolute atomic E-state index is 0.137. The van der Waals surface area contributed by atoms with Crippen LogP contribution in [0.15, 0.2) is 12.2 Å². The fraction of sp³-hybridized carbons (Fsp3) is 0.853. The number of hydrogen-bond acceptors (Lipinski definition) is 8. The van der Waals surface area contributed by atoms with Gasteiger partial charge in [0.15, 0.2) is 6.04 Å². The minimum Gasteiger partial charge on any atom is -0.480 e. The molecular weight excluding hydrogens is 613 g/mol. The highest BCUT2D eigenvalue weighted by Crippen LogP contribution is 2.43. The Kier molecular flexibility index (Phi) is 29.4. The molecule has 0 saturated heterocycles. The number of rotatable bonds is 33. The molecule has 0 aliphatic carbocycles. The van der Waals surface area contributed by atoms with Crippen molar-refractivity contribution in [2.24, 2.45) is 0 Å². The molecule has 0 aromatic rings. The maximum absolute atomic E-state index is 12.2. The van der Waals surface area contributed by atoms with Crippen LogP contribution in [0.3, 0.4) is 0 Å². The number of carbonyl (C=O) groups excluding carboxylic acids is 2. The third kappa shape index (κ3) is 29.6. The third-order valence-corrected chi connectivity index (χ3v) is 8.51. The molecule has 12 heteroatoms. The van der Waals surface area contributed by atoms with Gasteiger partial charge in [0.1, 0.15) is 12.7 Å². The van der Waals surface area contributed by atoms with E-state index >= 15 is 0 Å². The number of amides is 1. The fourth-order valence-electron chi connectivity index (χ4n) is 4.72. The summed E-state index contributed by atoms with van der Waals surface area (Å²) < 4.78 is 26.6. The summed E-state index contributed by atoms with van der Waals surface area (Å²) in [7, 11) is -4.74. The lowest BCUT2D eigenvalue weighted by Crippen LogP contribution is -2.43. The second-order valence-corrected chi connectivity index (χ2v) is 13.5. The number of aliphatic hydroxyl groups excluding tert-OH is 1. The maximum Gasteiger partial charge on any atom is 0.472 e. The van der Waals surface area contributed by atoms with E-state index in [2.05, 4.69) is 31.3 Å². The van der Waals surface area contributed by atoms with Crippen molar-refractivity contribution in [3.05, 3.63) is 12.2 Å². The van der Waals surface area contributed by atoms with Crippen LogP contribution >= 0.6 is 7.82 Å². The normalized spacial score (nSPS) is 14.2. The van der Waals surface area contributed by atoms with Crippen LogP contribution in [0.1, 0.15) is 155 Å². The van der Waals surface area contributed by atoms with Crippen molar-refractivity contribution < 1.29 is 47.8 Å². The van der Waals surface area contributed by atoms with Gasteiger partial charge in [-0.25, -0.2) is 9.36 Å². The van der Waals surface area contributed by atoms with Crippen molar-refractivity contribution in [2.75, 3.05) is 19.8 Å². The summed E-state index contributed by atoms with van der Waals surface area (Å²) in [5, 5.41) is 21.6. The number of carbonyl (C=O) groups is 3. The standard InChI is InChI=1S/C34H64NO10P/c1-3-5-7-9-11-13-15-16-17-19-21-23-25-32(37)35-31(34(39)40)29-45-46(41,42)44-28-30(36)27-43-33(38)26-24-22-20-18-14-12-10-8-6-4-2/h11,13,30-31,36H,3-10,12,14-29H2,1-2H3,(H,35,37)(H,39,40)(H,41,42)/b13-11-. The molecule has 0 bridgehead atoms. The average Bonchev–Trinajstić information content (AvgIpc) is 3.02. The first-order chi connectivity index (χ1) is 22.1. The van der Waals surface area contributed by atoms with Crippen molar-refractivity contribution in [1.82, 2.24) is 5.32 Å². The molecule has 4 N–H and O–H groups in total. The van der Waals surface area contributed by atoms with Crippen LogP contribution in [-0.4, -0.2) is 64.9 Å². The van der Waals surface area contributed by atoms with Crippen LogP contribution in [0.5, 0.6) is 0 Å². The Morgan fingerprint density at radius 2 is 1.13 bits per heavy atom. The summed E-state index contributed by atoms with van der Waals surface area (Å²) >= 11 is 0. The van der Waals surface area contributed by atoms with E-state index in [1.807, 2.05) is 0 Å². The zero-order valence-corrected chi connectivity index (χ0v) is 29.5. The maximum atomic E-state index is 12.2. The first kappa shape index (κ1) is 44.2. The molecule has 11 nitrogen and oxygen atoms in total. The lowest BCUT2D eigenvalue weighted by Gasteiger charge is -2.18.